The van der Waals surface area contributed by atoms with Gasteiger partial charge in [-0.05, 0) is 77.4 Å². The Balaban J connectivity index is 1.31. The number of aromatic nitrogens is 3. The summed E-state index contributed by atoms with van der Waals surface area (Å²) in [5, 5.41) is 14.9. The van der Waals surface area contributed by atoms with E-state index in [2.05, 4.69) is 40.1 Å². The first kappa shape index (κ1) is 21.8. The van der Waals surface area contributed by atoms with Gasteiger partial charge >= 0.3 is 0 Å². The molecule has 0 amide bonds. The molecule has 0 spiro atoms. The number of nitrogens with one attached hydrogen (secondary N) is 3. The smallest absolute Gasteiger partial charge is 0.225 e. The van der Waals surface area contributed by atoms with E-state index in [1.165, 1.54) is 24.1 Å². The highest BCUT2D eigenvalue weighted by Crippen LogP contribution is 2.29. The molecule has 0 bridgehead atoms. The SMILES string of the molecule is Cc1noc(C)c1NC(=S)N[C@H]1CC[C@@H](Nc2nc3c(c(N(C)C)n2)CCCC3)CC1. The summed E-state index contributed by atoms with van der Waals surface area (Å²) in [6.45, 7) is 3.79. The van der Waals surface area contributed by atoms with Crippen molar-refractivity contribution in [1.82, 2.24) is 20.4 Å². The number of hydrogen-bond acceptors (Lipinski definition) is 7. The van der Waals surface area contributed by atoms with Crippen molar-refractivity contribution >= 4 is 34.8 Å². The van der Waals surface area contributed by atoms with Crippen LogP contribution in [-0.4, -0.2) is 46.4 Å². The molecule has 0 unspecified atom stereocenters. The summed E-state index contributed by atoms with van der Waals surface area (Å²) in [6.07, 6.45) is 8.80. The molecular formula is C22H33N7OS. The van der Waals surface area contributed by atoms with Crippen LogP contribution < -0.4 is 20.9 Å². The standard InChI is InChI=1S/C22H33N7OS/c1-13-19(14(2)30-28-13)26-22(31)24-16-11-9-15(10-12-16)23-21-25-18-8-6-5-7-17(18)20(27-21)29(3)4/h15-16H,5-12H2,1-4H3,(H,23,25,27)(H2,24,26,31)/t15-,16+. The summed E-state index contributed by atoms with van der Waals surface area (Å²) in [5.41, 5.74) is 4.22. The molecule has 2 heterocycles. The predicted octanol–water partition coefficient (Wildman–Crippen LogP) is 3.74. The second-order valence-corrected chi connectivity index (χ2v) is 9.30. The molecule has 0 radical (unpaired) electrons. The van der Waals surface area contributed by atoms with Crippen molar-refractivity contribution in [3.63, 3.8) is 0 Å². The molecule has 2 aromatic heterocycles. The highest BCUT2D eigenvalue weighted by molar-refractivity contribution is 7.80. The number of fused-ring (bicyclic) bond motifs is 1. The van der Waals surface area contributed by atoms with E-state index in [9.17, 15) is 0 Å². The first-order valence-corrected chi connectivity index (χ1v) is 11.7. The van der Waals surface area contributed by atoms with Crippen LogP contribution in [0.2, 0.25) is 0 Å². The van der Waals surface area contributed by atoms with E-state index in [4.69, 9.17) is 26.7 Å². The fraction of sp³-hybridized carbons (Fsp3) is 0.636. The molecule has 2 aromatic rings. The number of rotatable bonds is 5. The molecule has 1 saturated carbocycles. The van der Waals surface area contributed by atoms with Crippen LogP contribution in [0.1, 0.15) is 61.2 Å². The highest BCUT2D eigenvalue weighted by Gasteiger charge is 2.24. The Morgan fingerprint density at radius 3 is 2.42 bits per heavy atom. The number of anilines is 3. The maximum Gasteiger partial charge on any atom is 0.225 e. The molecule has 31 heavy (non-hydrogen) atoms. The number of thiocarbonyl (C=S) groups is 1. The van der Waals surface area contributed by atoms with Gasteiger partial charge in [0.05, 0.1) is 5.69 Å². The minimum Gasteiger partial charge on any atom is -0.362 e. The summed E-state index contributed by atoms with van der Waals surface area (Å²) < 4.78 is 5.19. The summed E-state index contributed by atoms with van der Waals surface area (Å²) in [6, 6.07) is 0.749. The molecule has 168 valence electrons. The van der Waals surface area contributed by atoms with Gasteiger partial charge in [-0.1, -0.05) is 5.16 Å². The maximum absolute atomic E-state index is 5.50. The zero-order valence-corrected chi connectivity index (χ0v) is 19.7. The van der Waals surface area contributed by atoms with Crippen LogP contribution in [0.4, 0.5) is 17.5 Å². The highest BCUT2D eigenvalue weighted by atomic mass is 32.1. The van der Waals surface area contributed by atoms with E-state index >= 15 is 0 Å². The van der Waals surface area contributed by atoms with Crippen LogP contribution in [0.3, 0.4) is 0 Å². The number of aryl methyl sites for hydroxylation is 3. The van der Waals surface area contributed by atoms with Crippen LogP contribution in [0.25, 0.3) is 0 Å². The lowest BCUT2D eigenvalue weighted by Gasteiger charge is -2.31. The molecular weight excluding hydrogens is 410 g/mol. The predicted molar refractivity (Wildman–Crippen MR) is 128 cm³/mol. The monoisotopic (exact) mass is 443 g/mol. The van der Waals surface area contributed by atoms with Crippen molar-refractivity contribution in [1.29, 1.82) is 0 Å². The van der Waals surface area contributed by atoms with Crippen molar-refractivity contribution in [2.45, 2.75) is 77.3 Å². The zero-order chi connectivity index (χ0) is 22.0. The van der Waals surface area contributed by atoms with Gasteiger partial charge in [-0.15, -0.1) is 0 Å². The molecule has 4 rings (SSSR count). The fourth-order valence-electron chi connectivity index (χ4n) is 4.57. The summed E-state index contributed by atoms with van der Waals surface area (Å²) in [4.78, 5) is 11.8. The van der Waals surface area contributed by atoms with E-state index in [0.29, 0.717) is 17.2 Å². The van der Waals surface area contributed by atoms with Crippen molar-refractivity contribution < 1.29 is 4.52 Å². The van der Waals surface area contributed by atoms with Gasteiger partial charge in [0.15, 0.2) is 10.9 Å². The Morgan fingerprint density at radius 2 is 1.74 bits per heavy atom. The van der Waals surface area contributed by atoms with E-state index in [1.807, 2.05) is 13.8 Å². The Labute approximate surface area is 189 Å². The number of hydrogen-bond donors (Lipinski definition) is 3. The van der Waals surface area contributed by atoms with E-state index in [1.54, 1.807) is 0 Å². The van der Waals surface area contributed by atoms with Gasteiger partial charge in [-0.3, -0.25) is 0 Å². The van der Waals surface area contributed by atoms with Crippen LogP contribution in [0.15, 0.2) is 4.52 Å². The van der Waals surface area contributed by atoms with Crippen molar-refractivity contribution in [3.05, 3.63) is 22.7 Å². The minimum absolute atomic E-state index is 0.361. The largest absolute Gasteiger partial charge is 0.362 e. The van der Waals surface area contributed by atoms with Gasteiger partial charge in [0.2, 0.25) is 5.95 Å². The van der Waals surface area contributed by atoms with Crippen molar-refractivity contribution in [3.8, 4) is 0 Å². The minimum atomic E-state index is 0.361. The summed E-state index contributed by atoms with van der Waals surface area (Å²) >= 11 is 5.50. The van der Waals surface area contributed by atoms with Gasteiger partial charge in [0.25, 0.3) is 0 Å². The Kier molecular flexibility index (Phi) is 6.60. The number of nitrogens with zero attached hydrogens (tertiary/aromatic N) is 4. The second-order valence-electron chi connectivity index (χ2n) is 8.89. The first-order chi connectivity index (χ1) is 14.9. The average Bonchev–Trinajstić information content (AvgIpc) is 3.06. The molecule has 0 saturated heterocycles. The van der Waals surface area contributed by atoms with Gasteiger partial charge in [-0.2, -0.15) is 4.98 Å². The summed E-state index contributed by atoms with van der Waals surface area (Å²) in [5.74, 6) is 2.59. The third-order valence-electron chi connectivity index (χ3n) is 6.25. The van der Waals surface area contributed by atoms with Crippen molar-refractivity contribution in [2.75, 3.05) is 29.6 Å². The van der Waals surface area contributed by atoms with E-state index in [-0.39, 0.29) is 0 Å². The molecule has 0 aromatic carbocycles. The van der Waals surface area contributed by atoms with Gasteiger partial charge < -0.3 is 25.4 Å². The van der Waals surface area contributed by atoms with E-state index in [0.717, 1.165) is 67.4 Å². The van der Waals surface area contributed by atoms with E-state index < -0.39 is 0 Å². The Hall–Kier alpha value is -2.42. The van der Waals surface area contributed by atoms with Crippen molar-refractivity contribution in [2.24, 2.45) is 0 Å². The van der Waals surface area contributed by atoms with Gasteiger partial charge in [-0.25, -0.2) is 4.98 Å². The van der Waals surface area contributed by atoms with Gasteiger partial charge in [0, 0.05) is 31.7 Å². The lowest BCUT2D eigenvalue weighted by atomic mass is 9.91. The maximum atomic E-state index is 5.50. The molecule has 3 N–H and O–H groups in total. The quantitative estimate of drug-likeness (QED) is 0.598. The normalized spacial score (nSPS) is 20.6. The fourth-order valence-corrected chi connectivity index (χ4v) is 4.84. The van der Waals surface area contributed by atoms with Crippen LogP contribution in [-0.2, 0) is 12.8 Å². The van der Waals surface area contributed by atoms with Gasteiger partial charge in [0.1, 0.15) is 17.2 Å². The second kappa shape index (κ2) is 9.38. The Bertz CT molecular complexity index is 915. The average molecular weight is 444 g/mol. The molecule has 1 fully saturated rings. The lowest BCUT2D eigenvalue weighted by Crippen LogP contribution is -2.42. The third kappa shape index (κ3) is 5.08. The Morgan fingerprint density at radius 1 is 1.03 bits per heavy atom. The first-order valence-electron chi connectivity index (χ1n) is 11.2. The summed E-state index contributed by atoms with van der Waals surface area (Å²) in [7, 11) is 4.13. The lowest BCUT2D eigenvalue weighted by molar-refractivity contribution is 0.387. The molecule has 0 aliphatic heterocycles. The van der Waals surface area contributed by atoms with Crippen LogP contribution >= 0.6 is 12.2 Å². The molecule has 2 aliphatic carbocycles. The molecule has 8 nitrogen and oxygen atoms in total. The molecule has 9 heteroatoms. The van der Waals surface area contributed by atoms with Crippen LogP contribution in [0, 0.1) is 13.8 Å². The zero-order valence-electron chi connectivity index (χ0n) is 18.9. The van der Waals surface area contributed by atoms with Crippen LogP contribution in [0.5, 0.6) is 0 Å². The topological polar surface area (TPSA) is 91.1 Å². The third-order valence-corrected chi connectivity index (χ3v) is 6.47. The molecule has 0 atom stereocenters. The molecule has 2 aliphatic rings.